The van der Waals surface area contributed by atoms with Gasteiger partial charge in [0.1, 0.15) is 11.5 Å². The summed E-state index contributed by atoms with van der Waals surface area (Å²) >= 11 is 0. The van der Waals surface area contributed by atoms with Crippen LogP contribution in [-0.2, 0) is 13.0 Å². The molecule has 0 spiro atoms. The summed E-state index contributed by atoms with van der Waals surface area (Å²) in [6, 6.07) is 16.0. The highest BCUT2D eigenvalue weighted by Gasteiger charge is 2.03. The second kappa shape index (κ2) is 9.45. The van der Waals surface area contributed by atoms with Crippen LogP contribution in [0.15, 0.2) is 53.5 Å². The number of nitrogens with zero attached hydrogens (tertiary/aromatic N) is 1. The molecule has 0 aliphatic rings. The average Bonchev–Trinajstić information content (AvgIpc) is 2.64. The highest BCUT2D eigenvalue weighted by molar-refractivity contribution is 5.79. The highest BCUT2D eigenvalue weighted by atomic mass is 16.5. The van der Waals surface area contributed by atoms with Gasteiger partial charge in [-0.05, 0) is 30.2 Å². The van der Waals surface area contributed by atoms with Gasteiger partial charge in [-0.15, -0.1) is 0 Å². The van der Waals surface area contributed by atoms with E-state index in [4.69, 9.17) is 9.47 Å². The van der Waals surface area contributed by atoms with Crippen molar-refractivity contribution in [3.05, 3.63) is 59.7 Å². The first-order chi connectivity index (χ1) is 11.8. The van der Waals surface area contributed by atoms with Crippen molar-refractivity contribution in [3.63, 3.8) is 0 Å². The van der Waals surface area contributed by atoms with Gasteiger partial charge in [0.05, 0.1) is 14.2 Å². The Kier molecular flexibility index (Phi) is 6.95. The zero-order valence-electron chi connectivity index (χ0n) is 14.5. The summed E-state index contributed by atoms with van der Waals surface area (Å²) in [4.78, 5) is 4.25. The van der Waals surface area contributed by atoms with Crippen molar-refractivity contribution < 1.29 is 9.47 Å². The lowest BCUT2D eigenvalue weighted by molar-refractivity contribution is 0.409. The second-order valence-corrected chi connectivity index (χ2v) is 5.27. The van der Waals surface area contributed by atoms with Crippen molar-refractivity contribution in [2.45, 2.75) is 13.0 Å². The molecule has 0 aliphatic carbocycles. The molecule has 0 saturated heterocycles. The maximum atomic E-state index is 5.36. The number of methoxy groups -OCH3 is 2. The third-order valence-corrected chi connectivity index (χ3v) is 3.70. The molecule has 24 heavy (non-hydrogen) atoms. The molecule has 0 aliphatic heterocycles. The van der Waals surface area contributed by atoms with Gasteiger partial charge < -0.3 is 20.1 Å². The minimum absolute atomic E-state index is 0.656. The van der Waals surface area contributed by atoms with E-state index in [-0.39, 0.29) is 0 Å². The number of ether oxygens (including phenoxy) is 2. The molecule has 0 fully saturated rings. The van der Waals surface area contributed by atoms with E-state index in [9.17, 15) is 0 Å². The van der Waals surface area contributed by atoms with Crippen molar-refractivity contribution in [1.82, 2.24) is 10.6 Å². The van der Waals surface area contributed by atoms with Crippen LogP contribution in [0.4, 0.5) is 0 Å². The maximum absolute atomic E-state index is 5.36. The zero-order valence-corrected chi connectivity index (χ0v) is 14.5. The van der Waals surface area contributed by atoms with Crippen molar-refractivity contribution in [2.24, 2.45) is 4.99 Å². The molecular formula is C19H25N3O2. The quantitative estimate of drug-likeness (QED) is 0.606. The molecular weight excluding hydrogens is 302 g/mol. The summed E-state index contributed by atoms with van der Waals surface area (Å²) in [6.07, 6.45) is 0.895. The Hall–Kier alpha value is -2.69. The number of nitrogens with one attached hydrogen (secondary N) is 2. The van der Waals surface area contributed by atoms with E-state index in [0.717, 1.165) is 36.0 Å². The molecule has 0 bridgehead atoms. The van der Waals surface area contributed by atoms with Crippen LogP contribution in [0.5, 0.6) is 11.5 Å². The maximum Gasteiger partial charge on any atom is 0.191 e. The SMILES string of the molecule is CN=C(NCCc1cccc(OC)c1)NCc1ccccc1OC. The molecule has 0 aromatic heterocycles. The van der Waals surface area contributed by atoms with Crippen LogP contribution in [0.2, 0.25) is 0 Å². The molecule has 128 valence electrons. The molecule has 0 unspecified atom stereocenters. The van der Waals surface area contributed by atoms with Gasteiger partial charge in [0.15, 0.2) is 5.96 Å². The number of aliphatic imine (C=N–C) groups is 1. The molecule has 0 amide bonds. The number of para-hydroxylation sites is 1. The predicted molar refractivity (Wildman–Crippen MR) is 97.9 cm³/mol. The molecule has 2 N–H and O–H groups in total. The summed E-state index contributed by atoms with van der Waals surface area (Å²) in [5.74, 6) is 2.52. The number of rotatable bonds is 7. The monoisotopic (exact) mass is 327 g/mol. The van der Waals surface area contributed by atoms with Crippen LogP contribution >= 0.6 is 0 Å². The van der Waals surface area contributed by atoms with E-state index in [1.54, 1.807) is 21.3 Å². The van der Waals surface area contributed by atoms with E-state index < -0.39 is 0 Å². The Labute approximate surface area is 143 Å². The number of benzene rings is 2. The normalized spacial score (nSPS) is 11.0. The molecule has 5 nitrogen and oxygen atoms in total. The molecule has 0 saturated carbocycles. The van der Waals surface area contributed by atoms with Gasteiger partial charge >= 0.3 is 0 Å². The summed E-state index contributed by atoms with van der Waals surface area (Å²) in [7, 11) is 5.13. The van der Waals surface area contributed by atoms with Gasteiger partial charge in [-0.2, -0.15) is 0 Å². The molecule has 0 radical (unpaired) electrons. The Morgan fingerprint density at radius 1 is 1.00 bits per heavy atom. The summed E-state index contributed by atoms with van der Waals surface area (Å²) in [5.41, 5.74) is 2.32. The van der Waals surface area contributed by atoms with Gasteiger partial charge in [0.2, 0.25) is 0 Å². The van der Waals surface area contributed by atoms with Gasteiger partial charge in [0, 0.05) is 25.7 Å². The first-order valence-corrected chi connectivity index (χ1v) is 7.96. The lowest BCUT2D eigenvalue weighted by atomic mass is 10.1. The van der Waals surface area contributed by atoms with E-state index in [1.807, 2.05) is 42.5 Å². The van der Waals surface area contributed by atoms with Gasteiger partial charge in [-0.1, -0.05) is 30.3 Å². The van der Waals surface area contributed by atoms with Gasteiger partial charge in [-0.3, -0.25) is 4.99 Å². The average molecular weight is 327 g/mol. The van der Waals surface area contributed by atoms with Crippen LogP contribution in [0, 0.1) is 0 Å². The summed E-state index contributed by atoms with van der Waals surface area (Å²) in [5, 5.41) is 6.62. The minimum Gasteiger partial charge on any atom is -0.497 e. The summed E-state index contributed by atoms with van der Waals surface area (Å²) in [6.45, 7) is 1.45. The second-order valence-electron chi connectivity index (χ2n) is 5.27. The fourth-order valence-corrected chi connectivity index (χ4v) is 2.40. The number of hydrogen-bond donors (Lipinski definition) is 2. The van der Waals surface area contributed by atoms with Crippen molar-refractivity contribution in [1.29, 1.82) is 0 Å². The molecule has 5 heteroatoms. The minimum atomic E-state index is 0.656. The lowest BCUT2D eigenvalue weighted by Crippen LogP contribution is -2.37. The number of guanidine groups is 1. The first kappa shape index (κ1) is 17.7. The van der Waals surface area contributed by atoms with Crippen molar-refractivity contribution >= 4 is 5.96 Å². The van der Waals surface area contributed by atoms with Crippen LogP contribution in [0.3, 0.4) is 0 Å². The standard InChI is InChI=1S/C19H25N3O2/c1-20-19(22-14-16-8-4-5-10-18(16)24-3)21-12-11-15-7-6-9-17(13-15)23-2/h4-10,13H,11-12,14H2,1-3H3,(H2,20,21,22). The smallest absolute Gasteiger partial charge is 0.191 e. The van der Waals surface area contributed by atoms with Gasteiger partial charge in [-0.25, -0.2) is 0 Å². The van der Waals surface area contributed by atoms with Crippen LogP contribution < -0.4 is 20.1 Å². The molecule has 0 heterocycles. The van der Waals surface area contributed by atoms with E-state index in [2.05, 4.69) is 21.7 Å². The van der Waals surface area contributed by atoms with Crippen LogP contribution in [0.25, 0.3) is 0 Å². The number of hydrogen-bond acceptors (Lipinski definition) is 3. The van der Waals surface area contributed by atoms with Crippen LogP contribution in [-0.4, -0.2) is 33.8 Å². The Morgan fingerprint density at radius 2 is 1.83 bits per heavy atom. The first-order valence-electron chi connectivity index (χ1n) is 7.96. The van der Waals surface area contributed by atoms with Gasteiger partial charge in [0.25, 0.3) is 0 Å². The van der Waals surface area contributed by atoms with E-state index in [1.165, 1.54) is 5.56 Å². The molecule has 2 rings (SSSR count). The van der Waals surface area contributed by atoms with Crippen LogP contribution in [0.1, 0.15) is 11.1 Å². The fourth-order valence-electron chi connectivity index (χ4n) is 2.40. The van der Waals surface area contributed by atoms with Crippen molar-refractivity contribution in [2.75, 3.05) is 27.8 Å². The largest absolute Gasteiger partial charge is 0.497 e. The Morgan fingerprint density at radius 3 is 2.58 bits per heavy atom. The molecule has 2 aromatic rings. The third-order valence-electron chi connectivity index (χ3n) is 3.70. The topological polar surface area (TPSA) is 54.9 Å². The lowest BCUT2D eigenvalue weighted by Gasteiger charge is -2.14. The third kappa shape index (κ3) is 5.19. The Bertz CT molecular complexity index is 671. The zero-order chi connectivity index (χ0) is 17.2. The molecule has 2 aromatic carbocycles. The molecule has 0 atom stereocenters. The Balaban J connectivity index is 1.82. The van der Waals surface area contributed by atoms with E-state index >= 15 is 0 Å². The fraction of sp³-hybridized carbons (Fsp3) is 0.316. The van der Waals surface area contributed by atoms with Crippen molar-refractivity contribution in [3.8, 4) is 11.5 Å². The predicted octanol–water partition coefficient (Wildman–Crippen LogP) is 2.61. The highest BCUT2D eigenvalue weighted by Crippen LogP contribution is 2.16. The summed E-state index contributed by atoms with van der Waals surface area (Å²) < 4.78 is 10.6. The van der Waals surface area contributed by atoms with E-state index in [0.29, 0.717) is 6.54 Å².